The zero-order valence-corrected chi connectivity index (χ0v) is 15.6. The summed E-state index contributed by atoms with van der Waals surface area (Å²) in [4.78, 5) is 6.55. The molecule has 0 radical (unpaired) electrons. The molecule has 27 heavy (non-hydrogen) atoms. The van der Waals surface area contributed by atoms with Gasteiger partial charge in [0.05, 0.1) is 6.10 Å². The van der Waals surface area contributed by atoms with Gasteiger partial charge in [-0.3, -0.25) is 0 Å². The van der Waals surface area contributed by atoms with Crippen molar-refractivity contribution < 1.29 is 9.26 Å². The molecule has 0 amide bonds. The molecule has 0 N–H and O–H groups in total. The average Bonchev–Trinajstić information content (AvgIpc) is 3.45. The molecule has 10 heteroatoms. The van der Waals surface area contributed by atoms with Gasteiger partial charge in [-0.1, -0.05) is 5.16 Å². The van der Waals surface area contributed by atoms with Crippen molar-refractivity contribution in [1.82, 2.24) is 30.0 Å². The molecule has 1 aliphatic heterocycles. The Labute approximate surface area is 158 Å². The van der Waals surface area contributed by atoms with E-state index in [4.69, 9.17) is 14.4 Å². The summed E-state index contributed by atoms with van der Waals surface area (Å²) in [5.74, 6) is 2.71. The number of thiophene rings is 1. The maximum atomic E-state index is 5.59. The van der Waals surface area contributed by atoms with Crippen LogP contribution in [0.15, 0.2) is 33.5 Å². The van der Waals surface area contributed by atoms with Crippen LogP contribution in [0.1, 0.15) is 24.2 Å². The van der Waals surface area contributed by atoms with Crippen LogP contribution in [-0.4, -0.2) is 49.7 Å². The van der Waals surface area contributed by atoms with Crippen LogP contribution in [0, 0.1) is 6.92 Å². The summed E-state index contributed by atoms with van der Waals surface area (Å²) in [6, 6.07) is 5.79. The summed E-state index contributed by atoms with van der Waals surface area (Å²) in [6.07, 6.45) is 0.828. The minimum Gasteiger partial charge on any atom is -0.380 e. The molecule has 5 rings (SSSR count). The Morgan fingerprint density at radius 2 is 2.19 bits per heavy atom. The first kappa shape index (κ1) is 16.3. The number of aromatic nitrogens is 6. The quantitative estimate of drug-likeness (QED) is 0.531. The summed E-state index contributed by atoms with van der Waals surface area (Å²) in [5.41, 5.74) is 1.70. The molecule has 0 saturated carbocycles. The lowest BCUT2D eigenvalue weighted by Gasteiger charge is -2.22. The maximum Gasteiger partial charge on any atom is 0.249 e. The van der Waals surface area contributed by atoms with Crippen LogP contribution in [0.2, 0.25) is 0 Å². The number of rotatable bonds is 4. The summed E-state index contributed by atoms with van der Waals surface area (Å²) in [7, 11) is 1.72. The van der Waals surface area contributed by atoms with Gasteiger partial charge in [0.2, 0.25) is 5.89 Å². The summed E-state index contributed by atoms with van der Waals surface area (Å²) >= 11 is 1.62. The molecule has 1 aliphatic rings. The van der Waals surface area contributed by atoms with Gasteiger partial charge in [0, 0.05) is 31.0 Å². The first-order chi connectivity index (χ1) is 13.2. The van der Waals surface area contributed by atoms with E-state index in [0.717, 1.165) is 23.6 Å². The fourth-order valence-electron chi connectivity index (χ4n) is 3.41. The zero-order valence-electron chi connectivity index (χ0n) is 14.8. The van der Waals surface area contributed by atoms with E-state index in [-0.39, 0.29) is 12.1 Å². The number of anilines is 1. The predicted octanol–water partition coefficient (Wildman–Crippen LogP) is 2.51. The van der Waals surface area contributed by atoms with Crippen molar-refractivity contribution in [2.24, 2.45) is 0 Å². The van der Waals surface area contributed by atoms with Gasteiger partial charge in [-0.2, -0.15) is 20.8 Å². The topological polar surface area (TPSA) is 94.5 Å². The molecule has 4 aromatic rings. The third-order valence-electron chi connectivity index (χ3n) is 4.75. The molecule has 138 valence electrons. The first-order valence-corrected chi connectivity index (χ1v) is 9.52. The van der Waals surface area contributed by atoms with E-state index in [1.54, 1.807) is 23.0 Å². The molecule has 1 saturated heterocycles. The summed E-state index contributed by atoms with van der Waals surface area (Å²) in [6.45, 7) is 2.51. The van der Waals surface area contributed by atoms with Gasteiger partial charge in [0.15, 0.2) is 23.1 Å². The molecule has 0 aromatic carbocycles. The van der Waals surface area contributed by atoms with Gasteiger partial charge in [0.25, 0.3) is 0 Å². The van der Waals surface area contributed by atoms with Crippen molar-refractivity contribution in [3.8, 4) is 11.4 Å². The Balaban J connectivity index is 1.57. The van der Waals surface area contributed by atoms with Gasteiger partial charge in [-0.15, -0.1) is 15.3 Å². The van der Waals surface area contributed by atoms with Gasteiger partial charge in [-0.25, -0.2) is 0 Å². The molecular weight excluding hydrogens is 366 g/mol. The Kier molecular flexibility index (Phi) is 3.87. The van der Waals surface area contributed by atoms with Crippen molar-refractivity contribution in [2.75, 3.05) is 18.6 Å². The fraction of sp³-hybridized carbons (Fsp3) is 0.353. The minimum atomic E-state index is -0.0813. The molecule has 9 nitrogen and oxygen atoms in total. The average molecular weight is 383 g/mol. The molecule has 0 bridgehead atoms. The molecule has 0 spiro atoms. The van der Waals surface area contributed by atoms with Crippen LogP contribution in [0.25, 0.3) is 17.0 Å². The van der Waals surface area contributed by atoms with Crippen LogP contribution in [-0.2, 0) is 4.74 Å². The third-order valence-corrected chi connectivity index (χ3v) is 5.43. The number of hydrogen-bond acceptors (Lipinski definition) is 9. The standard InChI is InChI=1S/C17H17N7O2S/c1-10-18-17(26-22-10)13-7-12(25-2)8-23(13)15-4-3-14-19-20-16(24(14)21-15)11-5-6-27-9-11/h3-6,9,12-13H,7-8H2,1-2H3. The van der Waals surface area contributed by atoms with E-state index in [9.17, 15) is 0 Å². The fourth-order valence-corrected chi connectivity index (χ4v) is 4.04. The van der Waals surface area contributed by atoms with Crippen LogP contribution >= 0.6 is 11.3 Å². The molecule has 2 unspecified atom stereocenters. The lowest BCUT2D eigenvalue weighted by Crippen LogP contribution is -2.26. The lowest BCUT2D eigenvalue weighted by molar-refractivity contribution is 0.117. The van der Waals surface area contributed by atoms with Crippen molar-refractivity contribution in [1.29, 1.82) is 0 Å². The van der Waals surface area contributed by atoms with Gasteiger partial charge in [-0.05, 0) is 30.5 Å². The SMILES string of the molecule is COC1CC(c2nc(C)no2)N(c2ccc3nnc(-c4ccsc4)n3n2)C1. The van der Waals surface area contributed by atoms with Crippen molar-refractivity contribution in [3.63, 3.8) is 0 Å². The molecule has 2 atom stereocenters. The highest BCUT2D eigenvalue weighted by Crippen LogP contribution is 2.36. The van der Waals surface area contributed by atoms with Crippen LogP contribution in [0.5, 0.6) is 0 Å². The summed E-state index contributed by atoms with van der Waals surface area (Å²) < 4.78 is 12.8. The lowest BCUT2D eigenvalue weighted by atomic mass is 10.2. The van der Waals surface area contributed by atoms with Crippen LogP contribution in [0.3, 0.4) is 0 Å². The van der Waals surface area contributed by atoms with E-state index in [2.05, 4.69) is 25.2 Å². The number of nitrogens with zero attached hydrogens (tertiary/aromatic N) is 7. The Bertz CT molecular complexity index is 1070. The van der Waals surface area contributed by atoms with Crippen molar-refractivity contribution in [3.05, 3.63) is 40.7 Å². The third kappa shape index (κ3) is 2.77. The number of hydrogen-bond donors (Lipinski definition) is 0. The second kappa shape index (κ2) is 6.39. The molecule has 5 heterocycles. The maximum absolute atomic E-state index is 5.59. The van der Waals surface area contributed by atoms with Crippen molar-refractivity contribution in [2.45, 2.75) is 25.5 Å². The number of methoxy groups -OCH3 is 1. The van der Waals surface area contributed by atoms with Crippen LogP contribution < -0.4 is 4.90 Å². The van der Waals surface area contributed by atoms with Gasteiger partial charge < -0.3 is 14.2 Å². The van der Waals surface area contributed by atoms with E-state index < -0.39 is 0 Å². The minimum absolute atomic E-state index is 0.0666. The van der Waals surface area contributed by atoms with E-state index >= 15 is 0 Å². The van der Waals surface area contributed by atoms with Crippen LogP contribution in [0.4, 0.5) is 5.82 Å². The molecule has 0 aliphatic carbocycles. The van der Waals surface area contributed by atoms with Gasteiger partial charge in [0.1, 0.15) is 6.04 Å². The Hall–Kier alpha value is -2.85. The normalized spacial score (nSPS) is 20.0. The number of ether oxygens (including phenoxy) is 1. The highest BCUT2D eigenvalue weighted by Gasteiger charge is 2.38. The highest BCUT2D eigenvalue weighted by molar-refractivity contribution is 7.08. The Morgan fingerprint density at radius 3 is 2.93 bits per heavy atom. The van der Waals surface area contributed by atoms with E-state index in [1.807, 2.05) is 35.9 Å². The summed E-state index contributed by atoms with van der Waals surface area (Å²) in [5, 5.41) is 21.3. The predicted molar refractivity (Wildman–Crippen MR) is 98.6 cm³/mol. The zero-order chi connectivity index (χ0) is 18.4. The molecular formula is C17H17N7O2S. The first-order valence-electron chi connectivity index (χ1n) is 8.57. The Morgan fingerprint density at radius 1 is 1.26 bits per heavy atom. The smallest absolute Gasteiger partial charge is 0.249 e. The monoisotopic (exact) mass is 383 g/mol. The number of aryl methyl sites for hydroxylation is 1. The largest absolute Gasteiger partial charge is 0.380 e. The molecule has 4 aromatic heterocycles. The van der Waals surface area contributed by atoms with E-state index in [0.29, 0.717) is 23.9 Å². The molecule has 1 fully saturated rings. The highest BCUT2D eigenvalue weighted by atomic mass is 32.1. The van der Waals surface area contributed by atoms with Gasteiger partial charge >= 0.3 is 0 Å². The number of fused-ring (bicyclic) bond motifs is 1. The second-order valence-electron chi connectivity index (χ2n) is 6.44. The van der Waals surface area contributed by atoms with E-state index in [1.165, 1.54) is 0 Å². The van der Waals surface area contributed by atoms with Crippen molar-refractivity contribution >= 4 is 22.8 Å². The second-order valence-corrected chi connectivity index (χ2v) is 7.22.